The average molecular weight is 230 g/mol. The van der Waals surface area contributed by atoms with Crippen LogP contribution in [-0.2, 0) is 6.42 Å². The van der Waals surface area contributed by atoms with Crippen LogP contribution >= 0.6 is 12.4 Å². The van der Waals surface area contributed by atoms with Gasteiger partial charge in [-0.1, -0.05) is 12.1 Å². The fourth-order valence-corrected chi connectivity index (χ4v) is 2.04. The Hall–Kier alpha value is -0.600. The molecule has 0 spiro atoms. The molecule has 1 aliphatic heterocycles. The summed E-state index contributed by atoms with van der Waals surface area (Å²) in [5, 5.41) is 3.35. The van der Waals surface area contributed by atoms with Crippen molar-refractivity contribution < 1.29 is 4.39 Å². The molecule has 84 valence electrons. The highest BCUT2D eigenvalue weighted by Crippen LogP contribution is 2.17. The number of piperidine rings is 1. The van der Waals surface area contributed by atoms with Crippen molar-refractivity contribution in [3.63, 3.8) is 0 Å². The smallest absolute Gasteiger partial charge is 0.123 e. The molecule has 1 aliphatic rings. The lowest BCUT2D eigenvalue weighted by atomic mass is 9.91. The summed E-state index contributed by atoms with van der Waals surface area (Å²) < 4.78 is 12.7. The SMILES string of the molecule is Cl.Fc1ccc(CC2CCNCC2)cc1. The fraction of sp³-hybridized carbons (Fsp3) is 0.500. The molecule has 0 amide bonds. The molecule has 2 rings (SSSR count). The average Bonchev–Trinajstić information content (AvgIpc) is 2.23. The minimum absolute atomic E-state index is 0. The van der Waals surface area contributed by atoms with E-state index in [0.29, 0.717) is 0 Å². The second-order valence-corrected chi connectivity index (χ2v) is 4.02. The quantitative estimate of drug-likeness (QED) is 0.823. The lowest BCUT2D eigenvalue weighted by Crippen LogP contribution is -2.28. The summed E-state index contributed by atoms with van der Waals surface area (Å²) in [5.74, 6) is 0.640. The van der Waals surface area contributed by atoms with Gasteiger partial charge in [0.2, 0.25) is 0 Å². The Balaban J connectivity index is 0.00000112. The Morgan fingerprint density at radius 1 is 1.13 bits per heavy atom. The molecule has 0 bridgehead atoms. The molecule has 0 radical (unpaired) electrons. The van der Waals surface area contributed by atoms with Crippen molar-refractivity contribution in [3.05, 3.63) is 35.6 Å². The molecule has 3 heteroatoms. The number of benzene rings is 1. The number of hydrogen-bond acceptors (Lipinski definition) is 1. The second kappa shape index (κ2) is 6.09. The molecule has 1 aromatic rings. The van der Waals surface area contributed by atoms with Crippen molar-refractivity contribution in [2.75, 3.05) is 13.1 Å². The van der Waals surface area contributed by atoms with Gasteiger partial charge in [-0.05, 0) is 56.0 Å². The first-order valence-electron chi connectivity index (χ1n) is 5.30. The molecule has 1 nitrogen and oxygen atoms in total. The molecular weight excluding hydrogens is 213 g/mol. The zero-order chi connectivity index (χ0) is 9.80. The van der Waals surface area contributed by atoms with Crippen LogP contribution in [0.25, 0.3) is 0 Å². The standard InChI is InChI=1S/C12H16FN.ClH/c13-12-3-1-10(2-4-12)9-11-5-7-14-8-6-11;/h1-4,11,14H,5-9H2;1H. The highest BCUT2D eigenvalue weighted by atomic mass is 35.5. The maximum absolute atomic E-state index is 12.7. The Kier molecular flexibility index (Phi) is 5.06. The summed E-state index contributed by atoms with van der Waals surface area (Å²) in [6, 6.07) is 6.90. The first-order valence-corrected chi connectivity index (χ1v) is 5.30. The van der Waals surface area contributed by atoms with E-state index >= 15 is 0 Å². The van der Waals surface area contributed by atoms with E-state index in [2.05, 4.69) is 5.32 Å². The van der Waals surface area contributed by atoms with Crippen LogP contribution in [0.4, 0.5) is 4.39 Å². The molecule has 1 saturated heterocycles. The van der Waals surface area contributed by atoms with Crippen molar-refractivity contribution in [1.29, 1.82) is 0 Å². The first-order chi connectivity index (χ1) is 6.84. The minimum Gasteiger partial charge on any atom is -0.317 e. The third-order valence-corrected chi connectivity index (χ3v) is 2.90. The van der Waals surface area contributed by atoms with Gasteiger partial charge in [-0.3, -0.25) is 0 Å². The first kappa shape index (κ1) is 12.5. The number of hydrogen-bond donors (Lipinski definition) is 1. The van der Waals surface area contributed by atoms with Crippen LogP contribution in [0, 0.1) is 11.7 Å². The molecule has 1 fully saturated rings. The Bertz CT molecular complexity index is 280. The van der Waals surface area contributed by atoms with Gasteiger partial charge in [-0.15, -0.1) is 12.4 Å². The molecular formula is C12H17ClFN. The normalized spacial score (nSPS) is 17.1. The van der Waals surface area contributed by atoms with Gasteiger partial charge >= 0.3 is 0 Å². The van der Waals surface area contributed by atoms with Gasteiger partial charge in [0.05, 0.1) is 0 Å². The van der Waals surface area contributed by atoms with E-state index < -0.39 is 0 Å². The van der Waals surface area contributed by atoms with E-state index in [1.807, 2.05) is 12.1 Å². The molecule has 0 atom stereocenters. The van der Waals surface area contributed by atoms with Crippen molar-refractivity contribution in [2.24, 2.45) is 5.92 Å². The number of nitrogens with one attached hydrogen (secondary N) is 1. The number of rotatable bonds is 2. The largest absolute Gasteiger partial charge is 0.317 e. The van der Waals surface area contributed by atoms with Crippen molar-refractivity contribution in [1.82, 2.24) is 5.32 Å². The van der Waals surface area contributed by atoms with E-state index in [-0.39, 0.29) is 18.2 Å². The second-order valence-electron chi connectivity index (χ2n) is 4.02. The van der Waals surface area contributed by atoms with E-state index in [1.54, 1.807) is 12.1 Å². The Morgan fingerprint density at radius 3 is 2.33 bits per heavy atom. The van der Waals surface area contributed by atoms with Gasteiger partial charge < -0.3 is 5.32 Å². The molecule has 1 N–H and O–H groups in total. The molecule has 15 heavy (non-hydrogen) atoms. The van der Waals surface area contributed by atoms with Gasteiger partial charge in [0.1, 0.15) is 5.82 Å². The van der Waals surface area contributed by atoms with Crippen LogP contribution in [-0.4, -0.2) is 13.1 Å². The summed E-state index contributed by atoms with van der Waals surface area (Å²) in [7, 11) is 0. The van der Waals surface area contributed by atoms with Crippen molar-refractivity contribution in [2.45, 2.75) is 19.3 Å². The van der Waals surface area contributed by atoms with Gasteiger partial charge in [0.25, 0.3) is 0 Å². The summed E-state index contributed by atoms with van der Waals surface area (Å²) in [6.07, 6.45) is 3.59. The third kappa shape index (κ3) is 3.80. The van der Waals surface area contributed by atoms with Gasteiger partial charge in [0.15, 0.2) is 0 Å². The summed E-state index contributed by atoms with van der Waals surface area (Å²) in [4.78, 5) is 0. The van der Waals surface area contributed by atoms with Crippen LogP contribution in [0.3, 0.4) is 0 Å². The molecule has 0 unspecified atom stereocenters. The monoisotopic (exact) mass is 229 g/mol. The van der Waals surface area contributed by atoms with Crippen LogP contribution in [0.2, 0.25) is 0 Å². The van der Waals surface area contributed by atoms with Crippen molar-refractivity contribution in [3.8, 4) is 0 Å². The maximum atomic E-state index is 12.7. The molecule has 1 heterocycles. The predicted octanol–water partition coefficient (Wildman–Crippen LogP) is 2.79. The highest BCUT2D eigenvalue weighted by Gasteiger charge is 2.13. The lowest BCUT2D eigenvalue weighted by molar-refractivity contribution is 0.372. The van der Waals surface area contributed by atoms with E-state index in [9.17, 15) is 4.39 Å². The molecule has 0 aromatic heterocycles. The maximum Gasteiger partial charge on any atom is 0.123 e. The third-order valence-electron chi connectivity index (χ3n) is 2.90. The highest BCUT2D eigenvalue weighted by molar-refractivity contribution is 5.85. The van der Waals surface area contributed by atoms with Gasteiger partial charge in [0, 0.05) is 0 Å². The minimum atomic E-state index is -0.140. The Morgan fingerprint density at radius 2 is 1.73 bits per heavy atom. The van der Waals surface area contributed by atoms with Gasteiger partial charge in [-0.2, -0.15) is 0 Å². The van der Waals surface area contributed by atoms with Crippen molar-refractivity contribution >= 4 is 12.4 Å². The van der Waals surface area contributed by atoms with Crippen LogP contribution < -0.4 is 5.32 Å². The summed E-state index contributed by atoms with van der Waals surface area (Å²) >= 11 is 0. The molecule has 1 aromatic carbocycles. The lowest BCUT2D eigenvalue weighted by Gasteiger charge is -2.22. The zero-order valence-electron chi connectivity index (χ0n) is 8.71. The van der Waals surface area contributed by atoms with Gasteiger partial charge in [-0.25, -0.2) is 4.39 Å². The Labute approximate surface area is 96.5 Å². The van der Waals surface area contributed by atoms with E-state index in [0.717, 1.165) is 25.4 Å². The summed E-state index contributed by atoms with van der Waals surface area (Å²) in [6.45, 7) is 2.26. The van der Waals surface area contributed by atoms with Crippen LogP contribution in [0.5, 0.6) is 0 Å². The topological polar surface area (TPSA) is 12.0 Å². The van der Waals surface area contributed by atoms with E-state index in [1.165, 1.54) is 18.4 Å². The van der Waals surface area contributed by atoms with E-state index in [4.69, 9.17) is 0 Å². The molecule has 0 aliphatic carbocycles. The molecule has 0 saturated carbocycles. The van der Waals surface area contributed by atoms with Crippen LogP contribution in [0.1, 0.15) is 18.4 Å². The predicted molar refractivity (Wildman–Crippen MR) is 62.9 cm³/mol. The zero-order valence-corrected chi connectivity index (χ0v) is 9.52. The fourth-order valence-electron chi connectivity index (χ4n) is 2.04. The number of halogens is 2. The van der Waals surface area contributed by atoms with Crippen LogP contribution in [0.15, 0.2) is 24.3 Å². The summed E-state index contributed by atoms with van der Waals surface area (Å²) in [5.41, 5.74) is 1.26.